The average molecular weight is 301 g/mol. The Labute approximate surface area is 130 Å². The summed E-state index contributed by atoms with van der Waals surface area (Å²) < 4.78 is 18.2. The van der Waals surface area contributed by atoms with Crippen molar-refractivity contribution >= 4 is 11.6 Å². The van der Waals surface area contributed by atoms with Gasteiger partial charge >= 0.3 is 0 Å². The molecule has 2 aromatic rings. The Bertz CT molecular complexity index is 611. The fourth-order valence-electron chi connectivity index (χ4n) is 2.13. The lowest BCUT2D eigenvalue weighted by Crippen LogP contribution is -2.16. The van der Waals surface area contributed by atoms with Crippen molar-refractivity contribution in [1.82, 2.24) is 0 Å². The van der Waals surface area contributed by atoms with Crippen LogP contribution in [-0.4, -0.2) is 12.5 Å². The maximum Gasteiger partial charge on any atom is 0.227 e. The first kappa shape index (κ1) is 16.0. The van der Waals surface area contributed by atoms with Gasteiger partial charge in [0.05, 0.1) is 13.0 Å². The van der Waals surface area contributed by atoms with Gasteiger partial charge < -0.3 is 10.1 Å². The second-order valence-electron chi connectivity index (χ2n) is 5.01. The minimum Gasteiger partial charge on any atom is -0.493 e. The molecule has 22 heavy (non-hydrogen) atoms. The van der Waals surface area contributed by atoms with E-state index in [2.05, 4.69) is 12.2 Å². The van der Waals surface area contributed by atoms with Crippen LogP contribution < -0.4 is 10.1 Å². The van der Waals surface area contributed by atoms with E-state index in [-0.39, 0.29) is 24.8 Å². The van der Waals surface area contributed by atoms with Gasteiger partial charge in [-0.15, -0.1) is 0 Å². The van der Waals surface area contributed by atoms with Gasteiger partial charge in [0.2, 0.25) is 5.91 Å². The summed E-state index contributed by atoms with van der Waals surface area (Å²) in [5.74, 6) is 0.156. The number of carbonyl (C=O) groups excluding carboxylic acids is 1. The fourth-order valence-corrected chi connectivity index (χ4v) is 2.13. The molecule has 0 aliphatic heterocycles. The Morgan fingerprint density at radius 2 is 1.86 bits per heavy atom. The summed E-state index contributed by atoms with van der Waals surface area (Å²) in [5.41, 5.74) is 1.99. The van der Waals surface area contributed by atoms with Crippen LogP contribution in [0.1, 0.15) is 25.3 Å². The molecule has 0 aromatic heterocycles. The van der Waals surface area contributed by atoms with Crippen molar-refractivity contribution in [3.63, 3.8) is 0 Å². The number of ether oxygens (including phenoxy) is 1. The van der Waals surface area contributed by atoms with Crippen LogP contribution in [0, 0.1) is 5.82 Å². The van der Waals surface area contributed by atoms with E-state index < -0.39 is 0 Å². The van der Waals surface area contributed by atoms with Crippen LogP contribution in [0.5, 0.6) is 5.75 Å². The predicted molar refractivity (Wildman–Crippen MR) is 85.6 cm³/mol. The number of halogens is 1. The standard InChI is InChI=1S/C18H20FNO2/c1-2-5-14-6-3-4-7-17(14)20-18(21)12-13-22-16-10-8-15(19)9-11-16/h3-4,6-11H,2,5,12-13H2,1H3,(H,20,21). The van der Waals surface area contributed by atoms with Crippen molar-refractivity contribution in [2.45, 2.75) is 26.2 Å². The minimum absolute atomic E-state index is 0.0920. The van der Waals surface area contributed by atoms with Crippen molar-refractivity contribution in [2.24, 2.45) is 0 Å². The lowest BCUT2D eigenvalue weighted by atomic mass is 10.1. The highest BCUT2D eigenvalue weighted by Crippen LogP contribution is 2.17. The molecule has 0 saturated carbocycles. The smallest absolute Gasteiger partial charge is 0.227 e. The van der Waals surface area contributed by atoms with Crippen LogP contribution in [0.3, 0.4) is 0 Å². The van der Waals surface area contributed by atoms with Gasteiger partial charge in [0, 0.05) is 5.69 Å². The molecule has 4 heteroatoms. The normalized spacial score (nSPS) is 10.3. The highest BCUT2D eigenvalue weighted by Gasteiger charge is 2.06. The molecule has 0 aliphatic rings. The van der Waals surface area contributed by atoms with E-state index in [1.54, 1.807) is 12.1 Å². The van der Waals surface area contributed by atoms with Crippen LogP contribution in [-0.2, 0) is 11.2 Å². The number of rotatable bonds is 7. The van der Waals surface area contributed by atoms with Crippen molar-refractivity contribution in [3.05, 3.63) is 59.9 Å². The summed E-state index contributed by atoms with van der Waals surface area (Å²) in [7, 11) is 0. The van der Waals surface area contributed by atoms with Crippen molar-refractivity contribution in [2.75, 3.05) is 11.9 Å². The Hall–Kier alpha value is -2.36. The maximum absolute atomic E-state index is 12.8. The zero-order valence-corrected chi connectivity index (χ0v) is 12.6. The predicted octanol–water partition coefficient (Wildman–Crippen LogP) is 4.19. The molecule has 0 aliphatic carbocycles. The van der Waals surface area contributed by atoms with E-state index >= 15 is 0 Å². The molecule has 3 nitrogen and oxygen atoms in total. The number of amides is 1. The van der Waals surface area contributed by atoms with Gasteiger partial charge in [-0.05, 0) is 42.3 Å². The molecular weight excluding hydrogens is 281 g/mol. The molecule has 0 unspecified atom stereocenters. The van der Waals surface area contributed by atoms with Crippen molar-refractivity contribution < 1.29 is 13.9 Å². The van der Waals surface area contributed by atoms with Crippen molar-refractivity contribution in [1.29, 1.82) is 0 Å². The van der Waals surface area contributed by atoms with Gasteiger partial charge in [-0.1, -0.05) is 31.5 Å². The lowest BCUT2D eigenvalue weighted by Gasteiger charge is -2.11. The van der Waals surface area contributed by atoms with Gasteiger partial charge in [0.15, 0.2) is 0 Å². The molecule has 116 valence electrons. The Kier molecular flexibility index (Phi) is 5.95. The molecule has 0 bridgehead atoms. The van der Waals surface area contributed by atoms with Gasteiger partial charge in [-0.3, -0.25) is 4.79 Å². The molecule has 1 amide bonds. The highest BCUT2D eigenvalue weighted by atomic mass is 19.1. The third-order valence-corrected chi connectivity index (χ3v) is 3.22. The summed E-state index contributed by atoms with van der Waals surface area (Å²) in [6.07, 6.45) is 2.21. The van der Waals surface area contributed by atoms with E-state index in [1.807, 2.05) is 24.3 Å². The number of benzene rings is 2. The van der Waals surface area contributed by atoms with E-state index in [4.69, 9.17) is 4.74 Å². The number of nitrogens with one attached hydrogen (secondary N) is 1. The summed E-state index contributed by atoms with van der Waals surface area (Å²) in [6, 6.07) is 13.6. The number of hydrogen-bond donors (Lipinski definition) is 1. The van der Waals surface area contributed by atoms with Crippen LogP contribution in [0.25, 0.3) is 0 Å². The van der Waals surface area contributed by atoms with Crippen LogP contribution in [0.15, 0.2) is 48.5 Å². The molecule has 0 radical (unpaired) electrons. The molecule has 0 spiro atoms. The first-order chi connectivity index (χ1) is 10.7. The van der Waals surface area contributed by atoms with Crippen molar-refractivity contribution in [3.8, 4) is 5.75 Å². The van der Waals surface area contributed by atoms with Gasteiger partial charge in [0.25, 0.3) is 0 Å². The summed E-state index contributed by atoms with van der Waals surface area (Å²) in [5, 5.41) is 2.91. The number of anilines is 1. The van der Waals surface area contributed by atoms with Gasteiger partial charge in [-0.25, -0.2) is 4.39 Å². The van der Waals surface area contributed by atoms with Crippen LogP contribution in [0.2, 0.25) is 0 Å². The second-order valence-corrected chi connectivity index (χ2v) is 5.01. The first-order valence-corrected chi connectivity index (χ1v) is 7.45. The van der Waals surface area contributed by atoms with Crippen LogP contribution in [0.4, 0.5) is 10.1 Å². The van der Waals surface area contributed by atoms with E-state index in [9.17, 15) is 9.18 Å². The molecule has 1 N–H and O–H groups in total. The van der Waals surface area contributed by atoms with Gasteiger partial charge in [0.1, 0.15) is 11.6 Å². The number of para-hydroxylation sites is 1. The SMILES string of the molecule is CCCc1ccccc1NC(=O)CCOc1ccc(F)cc1. The largest absolute Gasteiger partial charge is 0.493 e. The Balaban J connectivity index is 1.82. The highest BCUT2D eigenvalue weighted by molar-refractivity contribution is 5.91. The van der Waals surface area contributed by atoms with E-state index in [1.165, 1.54) is 12.1 Å². The number of hydrogen-bond acceptors (Lipinski definition) is 2. The minimum atomic E-state index is -0.308. The summed E-state index contributed by atoms with van der Waals surface area (Å²) in [6.45, 7) is 2.36. The zero-order valence-electron chi connectivity index (χ0n) is 12.6. The van der Waals surface area contributed by atoms with Crippen LogP contribution >= 0.6 is 0 Å². The molecule has 0 atom stereocenters. The summed E-state index contributed by atoms with van der Waals surface area (Å²) in [4.78, 5) is 12.0. The second kappa shape index (κ2) is 8.17. The quantitative estimate of drug-likeness (QED) is 0.833. The number of carbonyl (C=O) groups is 1. The van der Waals surface area contributed by atoms with E-state index in [0.29, 0.717) is 5.75 Å². The Morgan fingerprint density at radius 3 is 2.59 bits per heavy atom. The van der Waals surface area contributed by atoms with E-state index in [0.717, 1.165) is 24.1 Å². The average Bonchev–Trinajstić information content (AvgIpc) is 2.51. The molecule has 0 heterocycles. The maximum atomic E-state index is 12.8. The lowest BCUT2D eigenvalue weighted by molar-refractivity contribution is -0.116. The first-order valence-electron chi connectivity index (χ1n) is 7.45. The topological polar surface area (TPSA) is 38.3 Å². The van der Waals surface area contributed by atoms with Gasteiger partial charge in [-0.2, -0.15) is 0 Å². The fraction of sp³-hybridized carbons (Fsp3) is 0.278. The molecular formula is C18H20FNO2. The monoisotopic (exact) mass is 301 g/mol. The molecule has 2 rings (SSSR count). The third-order valence-electron chi connectivity index (χ3n) is 3.22. The molecule has 0 saturated heterocycles. The molecule has 0 fully saturated rings. The Morgan fingerprint density at radius 1 is 1.14 bits per heavy atom. The zero-order chi connectivity index (χ0) is 15.8. The molecule has 2 aromatic carbocycles. The summed E-state index contributed by atoms with van der Waals surface area (Å²) >= 11 is 0. The number of aryl methyl sites for hydroxylation is 1. The third kappa shape index (κ3) is 4.88.